The van der Waals surface area contributed by atoms with Gasteiger partial charge in [0.1, 0.15) is 0 Å². The van der Waals surface area contributed by atoms with E-state index in [0.29, 0.717) is 17.2 Å². The SMILES string of the molecule is CN=C(NCCc1cc(C)cc(C)c1)NCCc1ccc(OC)c(OC)c1OC. The van der Waals surface area contributed by atoms with Crippen LogP contribution < -0.4 is 24.8 Å². The second-order valence-electron chi connectivity index (χ2n) is 6.92. The van der Waals surface area contributed by atoms with E-state index in [2.05, 4.69) is 47.7 Å². The summed E-state index contributed by atoms with van der Waals surface area (Å²) in [6, 6.07) is 10.5. The minimum Gasteiger partial charge on any atom is -0.493 e. The number of aryl methyl sites for hydroxylation is 2. The molecular weight excluding hydrogens is 366 g/mol. The molecule has 0 aliphatic carbocycles. The first kappa shape index (κ1) is 22.4. The molecular formula is C23H33N3O3. The number of guanidine groups is 1. The summed E-state index contributed by atoms with van der Waals surface area (Å²) in [5, 5.41) is 6.73. The summed E-state index contributed by atoms with van der Waals surface area (Å²) >= 11 is 0. The van der Waals surface area contributed by atoms with E-state index in [0.717, 1.165) is 37.5 Å². The highest BCUT2D eigenvalue weighted by Gasteiger charge is 2.15. The first-order valence-corrected chi connectivity index (χ1v) is 9.81. The van der Waals surface area contributed by atoms with Gasteiger partial charge in [-0.1, -0.05) is 35.4 Å². The van der Waals surface area contributed by atoms with E-state index in [1.807, 2.05) is 12.1 Å². The normalized spacial score (nSPS) is 11.2. The molecule has 0 saturated heterocycles. The van der Waals surface area contributed by atoms with Crippen molar-refractivity contribution < 1.29 is 14.2 Å². The maximum Gasteiger partial charge on any atom is 0.203 e. The maximum atomic E-state index is 5.55. The number of hydrogen-bond donors (Lipinski definition) is 2. The molecule has 6 nitrogen and oxygen atoms in total. The lowest BCUT2D eigenvalue weighted by atomic mass is 10.1. The van der Waals surface area contributed by atoms with Gasteiger partial charge >= 0.3 is 0 Å². The number of ether oxygens (including phenoxy) is 3. The van der Waals surface area contributed by atoms with E-state index < -0.39 is 0 Å². The molecule has 0 spiro atoms. The molecule has 0 aromatic heterocycles. The van der Waals surface area contributed by atoms with Gasteiger partial charge in [0.05, 0.1) is 21.3 Å². The van der Waals surface area contributed by atoms with Crippen LogP contribution in [0.5, 0.6) is 17.2 Å². The highest BCUT2D eigenvalue weighted by Crippen LogP contribution is 2.39. The Morgan fingerprint density at radius 2 is 1.45 bits per heavy atom. The molecule has 0 bridgehead atoms. The van der Waals surface area contributed by atoms with Gasteiger partial charge in [-0.15, -0.1) is 0 Å². The fourth-order valence-electron chi connectivity index (χ4n) is 3.43. The van der Waals surface area contributed by atoms with Crippen LogP contribution >= 0.6 is 0 Å². The molecule has 2 aromatic carbocycles. The molecule has 0 aliphatic rings. The third-order valence-corrected chi connectivity index (χ3v) is 4.68. The summed E-state index contributed by atoms with van der Waals surface area (Å²) in [7, 11) is 6.65. The van der Waals surface area contributed by atoms with Crippen LogP contribution in [0.3, 0.4) is 0 Å². The van der Waals surface area contributed by atoms with E-state index in [-0.39, 0.29) is 0 Å². The quantitative estimate of drug-likeness (QED) is 0.500. The van der Waals surface area contributed by atoms with Crippen molar-refractivity contribution in [3.63, 3.8) is 0 Å². The molecule has 2 aromatic rings. The van der Waals surface area contributed by atoms with Gasteiger partial charge in [-0.2, -0.15) is 0 Å². The van der Waals surface area contributed by atoms with Crippen molar-refractivity contribution >= 4 is 5.96 Å². The van der Waals surface area contributed by atoms with Crippen molar-refractivity contribution in [3.8, 4) is 17.2 Å². The number of nitrogens with one attached hydrogen (secondary N) is 2. The Bertz CT molecular complexity index is 814. The lowest BCUT2D eigenvalue weighted by molar-refractivity contribution is 0.322. The summed E-state index contributed by atoms with van der Waals surface area (Å²) in [6.45, 7) is 5.80. The van der Waals surface area contributed by atoms with Crippen LogP contribution in [0, 0.1) is 13.8 Å². The van der Waals surface area contributed by atoms with E-state index in [1.54, 1.807) is 28.4 Å². The Morgan fingerprint density at radius 1 is 0.828 bits per heavy atom. The third kappa shape index (κ3) is 6.31. The summed E-state index contributed by atoms with van der Waals surface area (Å²) in [6.07, 6.45) is 1.72. The summed E-state index contributed by atoms with van der Waals surface area (Å²) < 4.78 is 16.3. The zero-order chi connectivity index (χ0) is 21.2. The minimum atomic E-state index is 0.614. The Hall–Kier alpha value is -2.89. The Labute approximate surface area is 174 Å². The van der Waals surface area contributed by atoms with Crippen LogP contribution in [0.4, 0.5) is 0 Å². The fourth-order valence-corrected chi connectivity index (χ4v) is 3.43. The van der Waals surface area contributed by atoms with Crippen LogP contribution in [0.1, 0.15) is 22.3 Å². The van der Waals surface area contributed by atoms with Crippen molar-refractivity contribution in [1.82, 2.24) is 10.6 Å². The van der Waals surface area contributed by atoms with Gasteiger partial charge in [-0.25, -0.2) is 0 Å². The van der Waals surface area contributed by atoms with Crippen molar-refractivity contribution in [2.45, 2.75) is 26.7 Å². The zero-order valence-corrected chi connectivity index (χ0v) is 18.4. The topological polar surface area (TPSA) is 64.1 Å². The number of nitrogens with zero attached hydrogens (tertiary/aromatic N) is 1. The first-order valence-electron chi connectivity index (χ1n) is 9.81. The molecule has 2 N–H and O–H groups in total. The lowest BCUT2D eigenvalue weighted by Gasteiger charge is -2.16. The van der Waals surface area contributed by atoms with Gasteiger partial charge in [-0.05, 0) is 38.3 Å². The second-order valence-corrected chi connectivity index (χ2v) is 6.92. The molecule has 0 unspecified atom stereocenters. The highest BCUT2D eigenvalue weighted by molar-refractivity contribution is 5.79. The van der Waals surface area contributed by atoms with Crippen LogP contribution in [0.2, 0.25) is 0 Å². The predicted molar refractivity (Wildman–Crippen MR) is 119 cm³/mol. The number of methoxy groups -OCH3 is 3. The fraction of sp³-hybridized carbons (Fsp3) is 0.435. The second kappa shape index (κ2) is 11.2. The summed E-state index contributed by atoms with van der Waals surface area (Å²) in [5.41, 5.74) is 4.97. The smallest absolute Gasteiger partial charge is 0.203 e. The predicted octanol–water partition coefficient (Wildman–Crippen LogP) is 3.28. The van der Waals surface area contributed by atoms with Gasteiger partial charge in [0, 0.05) is 25.7 Å². The molecule has 0 atom stereocenters. The van der Waals surface area contributed by atoms with E-state index >= 15 is 0 Å². The van der Waals surface area contributed by atoms with E-state index in [9.17, 15) is 0 Å². The number of hydrogen-bond acceptors (Lipinski definition) is 4. The van der Waals surface area contributed by atoms with E-state index in [1.165, 1.54) is 16.7 Å². The van der Waals surface area contributed by atoms with Crippen LogP contribution in [0.25, 0.3) is 0 Å². The molecule has 0 amide bonds. The largest absolute Gasteiger partial charge is 0.493 e. The van der Waals surface area contributed by atoms with Gasteiger partial charge < -0.3 is 24.8 Å². The van der Waals surface area contributed by atoms with Crippen molar-refractivity contribution in [3.05, 3.63) is 52.6 Å². The molecule has 0 heterocycles. The molecule has 158 valence electrons. The van der Waals surface area contributed by atoms with Gasteiger partial charge in [0.25, 0.3) is 0 Å². The molecule has 6 heteroatoms. The zero-order valence-electron chi connectivity index (χ0n) is 18.4. The maximum absolute atomic E-state index is 5.55. The molecule has 0 radical (unpaired) electrons. The Kier molecular flexibility index (Phi) is 8.65. The standard InChI is InChI=1S/C23H33N3O3/c1-16-13-17(2)15-18(14-16)9-11-25-23(24-3)26-12-10-19-7-8-20(27-4)22(29-6)21(19)28-5/h7-8,13-15H,9-12H2,1-6H3,(H2,24,25,26). The number of rotatable bonds is 9. The minimum absolute atomic E-state index is 0.614. The Morgan fingerprint density at radius 3 is 2.00 bits per heavy atom. The first-order chi connectivity index (χ1) is 14.0. The van der Waals surface area contributed by atoms with Gasteiger partial charge in [-0.3, -0.25) is 4.99 Å². The Balaban J connectivity index is 1.88. The van der Waals surface area contributed by atoms with E-state index in [4.69, 9.17) is 14.2 Å². The molecule has 0 fully saturated rings. The average molecular weight is 400 g/mol. The van der Waals surface area contributed by atoms with Crippen molar-refractivity contribution in [1.29, 1.82) is 0 Å². The lowest BCUT2D eigenvalue weighted by Crippen LogP contribution is -2.39. The van der Waals surface area contributed by atoms with Crippen LogP contribution in [-0.2, 0) is 12.8 Å². The monoisotopic (exact) mass is 399 g/mol. The number of benzene rings is 2. The van der Waals surface area contributed by atoms with Crippen molar-refractivity contribution in [2.24, 2.45) is 4.99 Å². The van der Waals surface area contributed by atoms with Gasteiger partial charge in [0.15, 0.2) is 17.5 Å². The molecule has 29 heavy (non-hydrogen) atoms. The molecule has 0 aliphatic heterocycles. The molecule has 0 saturated carbocycles. The average Bonchev–Trinajstić information content (AvgIpc) is 2.71. The highest BCUT2D eigenvalue weighted by atomic mass is 16.5. The summed E-state index contributed by atoms with van der Waals surface area (Å²) in [5.74, 6) is 2.76. The third-order valence-electron chi connectivity index (χ3n) is 4.68. The number of aliphatic imine (C=N–C) groups is 1. The van der Waals surface area contributed by atoms with Crippen LogP contribution in [-0.4, -0.2) is 47.4 Å². The van der Waals surface area contributed by atoms with Crippen LogP contribution in [0.15, 0.2) is 35.3 Å². The molecule has 2 rings (SSSR count). The summed E-state index contributed by atoms with van der Waals surface area (Å²) in [4.78, 5) is 4.31. The van der Waals surface area contributed by atoms with Crippen molar-refractivity contribution in [2.75, 3.05) is 41.5 Å². The van der Waals surface area contributed by atoms with Gasteiger partial charge in [0.2, 0.25) is 5.75 Å².